The third-order valence-electron chi connectivity index (χ3n) is 8.05. The number of ether oxygens (including phenoxy) is 5. The van der Waals surface area contributed by atoms with Gasteiger partial charge in [0, 0.05) is 30.2 Å². The minimum Gasteiger partial charge on any atom is -0.507 e. The van der Waals surface area contributed by atoms with Crippen LogP contribution in [-0.2, 0) is 27.2 Å². The van der Waals surface area contributed by atoms with Gasteiger partial charge < -0.3 is 44.0 Å². The lowest BCUT2D eigenvalue weighted by Crippen LogP contribution is -2.65. The number of aryl methyl sites for hydroxylation is 1. The van der Waals surface area contributed by atoms with Crippen LogP contribution in [-0.4, -0.2) is 59.4 Å². The van der Waals surface area contributed by atoms with Gasteiger partial charge in [0.2, 0.25) is 6.29 Å². The van der Waals surface area contributed by atoms with E-state index in [1.807, 2.05) is 6.07 Å². The molecule has 0 saturated carbocycles. The highest BCUT2D eigenvalue weighted by atomic mass is 16.7. The molecule has 1 aliphatic heterocycles. The lowest BCUT2D eigenvalue weighted by Gasteiger charge is -2.47. The number of hydrogen-bond donors (Lipinski definition) is 4. The van der Waals surface area contributed by atoms with E-state index in [4.69, 9.17) is 39.4 Å². The SMILES string of the molecule is CO[C@@H]1[C@@H](OC(N)=O)[C@@H](O)[C@H](Oc2ccc3c(O)c(CC(=O)c4ccc(CN=N)c(Oc5ccccc5)c4)c(=O)oc3c2C)OC1(C)C. The number of rotatable bonds is 11. The van der Waals surface area contributed by atoms with Crippen molar-refractivity contribution < 1.29 is 47.9 Å². The molecule has 1 aliphatic rings. The summed E-state index contributed by atoms with van der Waals surface area (Å²) in [4.78, 5) is 38.1. The zero-order valence-corrected chi connectivity index (χ0v) is 26.6. The molecule has 14 heteroatoms. The molecular formula is C34H35N3O11. The van der Waals surface area contributed by atoms with Crippen LogP contribution >= 0.6 is 0 Å². The summed E-state index contributed by atoms with van der Waals surface area (Å²) in [5.74, 6) is 0.0392. The lowest BCUT2D eigenvalue weighted by atomic mass is 9.89. The van der Waals surface area contributed by atoms with E-state index in [0.29, 0.717) is 17.1 Å². The average molecular weight is 662 g/mol. The predicted octanol–water partition coefficient (Wildman–Crippen LogP) is 4.91. The van der Waals surface area contributed by atoms with Crippen molar-refractivity contribution in [1.29, 1.82) is 5.53 Å². The summed E-state index contributed by atoms with van der Waals surface area (Å²) in [6.45, 7) is 4.93. The van der Waals surface area contributed by atoms with Crippen LogP contribution in [0, 0.1) is 12.5 Å². The number of amides is 1. The van der Waals surface area contributed by atoms with Crippen molar-refractivity contribution in [2.45, 2.75) is 63.9 Å². The number of carbonyl (C=O) groups is 2. The van der Waals surface area contributed by atoms with Crippen LogP contribution in [0.2, 0.25) is 0 Å². The molecule has 252 valence electrons. The highest BCUT2D eigenvalue weighted by Gasteiger charge is 2.53. The number of nitrogens with zero attached hydrogens (tertiary/aromatic N) is 1. The molecule has 2 heterocycles. The fraction of sp³-hybridized carbons (Fsp3) is 0.324. The van der Waals surface area contributed by atoms with E-state index in [-0.39, 0.29) is 40.0 Å². The summed E-state index contributed by atoms with van der Waals surface area (Å²) < 4.78 is 34.0. The maximum Gasteiger partial charge on any atom is 0.404 e. The summed E-state index contributed by atoms with van der Waals surface area (Å²) >= 11 is 0. The van der Waals surface area contributed by atoms with E-state index in [1.165, 1.54) is 31.4 Å². The van der Waals surface area contributed by atoms with Crippen LogP contribution in [0.3, 0.4) is 0 Å². The van der Waals surface area contributed by atoms with Gasteiger partial charge in [0.1, 0.15) is 34.7 Å². The van der Waals surface area contributed by atoms with Gasteiger partial charge in [-0.25, -0.2) is 15.1 Å². The van der Waals surface area contributed by atoms with Gasteiger partial charge >= 0.3 is 11.7 Å². The first kappa shape index (κ1) is 34.0. The molecule has 1 aromatic heterocycles. The number of para-hydroxylation sites is 1. The molecule has 5 N–H and O–H groups in total. The molecule has 0 radical (unpaired) electrons. The number of benzene rings is 3. The lowest BCUT2D eigenvalue weighted by molar-refractivity contribution is -0.304. The number of nitrogens with two attached hydrogens (primary N) is 1. The molecule has 0 spiro atoms. The maximum absolute atomic E-state index is 13.4. The molecule has 4 atom stereocenters. The van der Waals surface area contributed by atoms with Gasteiger partial charge in [-0.15, -0.1) is 0 Å². The predicted molar refractivity (Wildman–Crippen MR) is 170 cm³/mol. The van der Waals surface area contributed by atoms with E-state index in [2.05, 4.69) is 5.11 Å². The summed E-state index contributed by atoms with van der Waals surface area (Å²) in [6, 6.07) is 16.4. The highest BCUT2D eigenvalue weighted by molar-refractivity contribution is 5.99. The highest BCUT2D eigenvalue weighted by Crippen LogP contribution is 2.38. The third kappa shape index (κ3) is 6.86. The second kappa shape index (κ2) is 13.8. The van der Waals surface area contributed by atoms with Crippen LogP contribution in [0.4, 0.5) is 4.79 Å². The number of aromatic hydroxyl groups is 1. The number of aliphatic hydroxyl groups is 1. The second-order valence-corrected chi connectivity index (χ2v) is 11.7. The number of primary amides is 1. The van der Waals surface area contributed by atoms with Crippen molar-refractivity contribution >= 4 is 22.8 Å². The first-order valence-corrected chi connectivity index (χ1v) is 14.9. The number of fused-ring (bicyclic) bond motifs is 1. The zero-order valence-electron chi connectivity index (χ0n) is 26.6. The monoisotopic (exact) mass is 661 g/mol. The van der Waals surface area contributed by atoms with Crippen LogP contribution in [0.25, 0.3) is 11.0 Å². The fourth-order valence-corrected chi connectivity index (χ4v) is 5.67. The Morgan fingerprint density at radius 1 is 1.08 bits per heavy atom. The number of nitrogens with one attached hydrogen (secondary N) is 1. The first-order chi connectivity index (χ1) is 22.8. The van der Waals surface area contributed by atoms with E-state index in [0.717, 1.165) is 0 Å². The molecule has 0 bridgehead atoms. The Balaban J connectivity index is 1.42. The van der Waals surface area contributed by atoms with Crippen LogP contribution < -0.4 is 20.8 Å². The number of carbonyl (C=O) groups excluding carboxylic acids is 2. The Bertz CT molecular complexity index is 1910. The van der Waals surface area contributed by atoms with Crippen molar-refractivity contribution in [1.82, 2.24) is 0 Å². The Morgan fingerprint density at radius 3 is 2.48 bits per heavy atom. The zero-order chi connectivity index (χ0) is 34.7. The van der Waals surface area contributed by atoms with Crippen molar-refractivity contribution in [3.63, 3.8) is 0 Å². The Morgan fingerprint density at radius 2 is 1.81 bits per heavy atom. The van der Waals surface area contributed by atoms with Crippen LogP contribution in [0.1, 0.15) is 40.9 Å². The Labute approximate surface area is 274 Å². The Hall–Kier alpha value is -5.31. The molecule has 14 nitrogen and oxygen atoms in total. The fourth-order valence-electron chi connectivity index (χ4n) is 5.67. The molecule has 1 fully saturated rings. The number of hydrogen-bond acceptors (Lipinski definition) is 13. The quantitative estimate of drug-likeness (QED) is 0.0963. The number of methoxy groups -OCH3 is 1. The molecule has 0 aliphatic carbocycles. The standard InChI is InChI=1S/C34H35N3O11/c1-17-24(45-32-27(40)29(47-33(35)42)30(43-4)34(2,3)48-32)13-12-21-26(39)22(31(41)46-28(17)21)15-23(38)18-10-11-19(16-37-36)25(14-18)44-20-8-6-5-7-9-20/h5-14,27,29-30,32,36,39-40H,15-16H2,1-4H3,(H2,35,42)/t27-,29+,30-,32-/m1/s1. The maximum atomic E-state index is 13.4. The van der Waals surface area contributed by atoms with Crippen molar-refractivity contribution in [3.05, 3.63) is 93.3 Å². The number of aliphatic hydroxyl groups excluding tert-OH is 1. The molecule has 4 aromatic rings. The second-order valence-electron chi connectivity index (χ2n) is 11.7. The third-order valence-corrected chi connectivity index (χ3v) is 8.05. The van der Waals surface area contributed by atoms with Crippen molar-refractivity contribution in [2.75, 3.05) is 7.11 Å². The average Bonchev–Trinajstić information content (AvgIpc) is 3.04. The van der Waals surface area contributed by atoms with Crippen LogP contribution in [0.15, 0.2) is 75.0 Å². The van der Waals surface area contributed by atoms with Crippen LogP contribution in [0.5, 0.6) is 23.0 Å². The summed E-state index contributed by atoms with van der Waals surface area (Å²) in [5, 5.41) is 25.7. The minimum absolute atomic E-state index is 0.0162. The molecule has 1 amide bonds. The summed E-state index contributed by atoms with van der Waals surface area (Å²) in [5.41, 5.74) is 11.2. The van der Waals surface area contributed by atoms with E-state index in [1.54, 1.807) is 51.1 Å². The van der Waals surface area contributed by atoms with Gasteiger partial charge in [0.05, 0.1) is 23.1 Å². The minimum atomic E-state index is -1.52. The first-order valence-electron chi connectivity index (χ1n) is 14.9. The van der Waals surface area contributed by atoms with Crippen molar-refractivity contribution in [2.24, 2.45) is 10.8 Å². The molecule has 0 unspecified atom stereocenters. The largest absolute Gasteiger partial charge is 0.507 e. The van der Waals surface area contributed by atoms with Gasteiger partial charge in [0.15, 0.2) is 18.0 Å². The van der Waals surface area contributed by atoms with Gasteiger partial charge in [0.25, 0.3) is 0 Å². The topological polar surface area (TPSA) is 213 Å². The number of Topliss-reactive ketones (excluding diaryl/α,β-unsaturated/α-hetero) is 1. The molecule has 48 heavy (non-hydrogen) atoms. The summed E-state index contributed by atoms with van der Waals surface area (Å²) in [6.07, 6.45) is -6.59. The van der Waals surface area contributed by atoms with E-state index < -0.39 is 59.9 Å². The Kier molecular flexibility index (Phi) is 9.79. The van der Waals surface area contributed by atoms with Gasteiger partial charge in [-0.2, -0.15) is 5.11 Å². The number of ketones is 1. The van der Waals surface area contributed by atoms with Gasteiger partial charge in [-0.1, -0.05) is 30.3 Å². The summed E-state index contributed by atoms with van der Waals surface area (Å²) in [7, 11) is 1.37. The molecular weight excluding hydrogens is 626 g/mol. The van der Waals surface area contributed by atoms with Gasteiger partial charge in [-0.05, 0) is 51.1 Å². The smallest absolute Gasteiger partial charge is 0.404 e. The normalized spacial score (nSPS) is 20.2. The molecule has 3 aromatic carbocycles. The van der Waals surface area contributed by atoms with Crippen molar-refractivity contribution in [3.8, 4) is 23.0 Å². The van der Waals surface area contributed by atoms with E-state index in [9.17, 15) is 24.6 Å². The molecule has 5 rings (SSSR count). The molecule has 1 saturated heterocycles. The van der Waals surface area contributed by atoms with Gasteiger partial charge in [-0.3, -0.25) is 4.79 Å². The van der Waals surface area contributed by atoms with E-state index >= 15 is 0 Å².